The highest BCUT2D eigenvalue weighted by Crippen LogP contribution is 2.39. The highest BCUT2D eigenvalue weighted by atomic mass is 16.5. The number of aliphatic hydroxyl groups is 1. The third-order valence-electron chi connectivity index (χ3n) is 3.34. The molecule has 0 radical (unpaired) electrons. The van der Waals surface area contributed by atoms with Crippen molar-refractivity contribution in [3.8, 4) is 11.5 Å². The molecule has 0 heterocycles. The summed E-state index contributed by atoms with van der Waals surface area (Å²) < 4.78 is 10.6. The van der Waals surface area contributed by atoms with Crippen LogP contribution in [-0.2, 0) is 0 Å². The third-order valence-corrected chi connectivity index (χ3v) is 3.34. The molecule has 1 unspecified atom stereocenters. The largest absolute Gasteiger partial charge is 0.493 e. The normalized spacial score (nSPS) is 16.6. The lowest BCUT2D eigenvalue weighted by atomic mass is 10.0. The Morgan fingerprint density at radius 1 is 1.29 bits per heavy atom. The average molecular weight is 236 g/mol. The first-order valence-electron chi connectivity index (χ1n) is 6.15. The van der Waals surface area contributed by atoms with Gasteiger partial charge in [0.05, 0.1) is 20.3 Å². The Bertz CT molecular complexity index is 372. The van der Waals surface area contributed by atoms with Crippen molar-refractivity contribution in [3.05, 3.63) is 23.8 Å². The minimum absolute atomic E-state index is 0.458. The van der Waals surface area contributed by atoms with Crippen LogP contribution in [0.3, 0.4) is 0 Å². The Kier molecular flexibility index (Phi) is 3.89. The molecule has 0 saturated heterocycles. The molecule has 3 nitrogen and oxygen atoms in total. The van der Waals surface area contributed by atoms with E-state index in [1.165, 1.54) is 12.8 Å². The summed E-state index contributed by atoms with van der Waals surface area (Å²) in [5.41, 5.74) is 0.826. The highest BCUT2D eigenvalue weighted by molar-refractivity contribution is 5.47. The van der Waals surface area contributed by atoms with E-state index >= 15 is 0 Å². The number of rotatable bonds is 6. The van der Waals surface area contributed by atoms with E-state index < -0.39 is 6.10 Å². The van der Waals surface area contributed by atoms with Crippen LogP contribution >= 0.6 is 0 Å². The molecule has 1 atom stereocenters. The topological polar surface area (TPSA) is 38.7 Å². The van der Waals surface area contributed by atoms with E-state index in [0.717, 1.165) is 24.3 Å². The van der Waals surface area contributed by atoms with Gasteiger partial charge in [-0.3, -0.25) is 0 Å². The predicted octanol–water partition coefficient (Wildman–Crippen LogP) is 2.93. The van der Waals surface area contributed by atoms with E-state index in [1.807, 2.05) is 18.2 Å². The Morgan fingerprint density at radius 3 is 2.65 bits per heavy atom. The SMILES string of the molecule is COc1cccc(C(O)CCC2CC2)c1OC. The van der Waals surface area contributed by atoms with Crippen LogP contribution in [0.5, 0.6) is 11.5 Å². The van der Waals surface area contributed by atoms with Crippen LogP contribution in [0.1, 0.15) is 37.4 Å². The van der Waals surface area contributed by atoms with Crippen molar-refractivity contribution in [3.63, 3.8) is 0 Å². The summed E-state index contributed by atoms with van der Waals surface area (Å²) >= 11 is 0. The summed E-state index contributed by atoms with van der Waals surface area (Å²) in [6, 6.07) is 5.63. The number of benzene rings is 1. The summed E-state index contributed by atoms with van der Waals surface area (Å²) in [5, 5.41) is 10.2. The van der Waals surface area contributed by atoms with E-state index in [2.05, 4.69) is 0 Å². The van der Waals surface area contributed by atoms with Gasteiger partial charge in [-0.05, 0) is 24.8 Å². The first-order chi connectivity index (χ1) is 8.26. The molecule has 0 spiro atoms. The van der Waals surface area contributed by atoms with E-state index in [9.17, 15) is 5.11 Å². The van der Waals surface area contributed by atoms with E-state index in [0.29, 0.717) is 11.5 Å². The average Bonchev–Trinajstić information content (AvgIpc) is 3.18. The zero-order chi connectivity index (χ0) is 12.3. The lowest BCUT2D eigenvalue weighted by Crippen LogP contribution is -2.02. The standard InChI is InChI=1S/C14H20O3/c1-16-13-5-3-4-11(14(13)17-2)12(15)9-8-10-6-7-10/h3-5,10,12,15H,6-9H2,1-2H3. The third kappa shape index (κ3) is 2.91. The molecule has 1 N–H and O–H groups in total. The summed E-state index contributed by atoms with van der Waals surface area (Å²) in [6.45, 7) is 0. The number of aliphatic hydroxyl groups excluding tert-OH is 1. The Morgan fingerprint density at radius 2 is 2.06 bits per heavy atom. The minimum Gasteiger partial charge on any atom is -0.493 e. The molecule has 1 fully saturated rings. The van der Waals surface area contributed by atoms with Gasteiger partial charge in [-0.15, -0.1) is 0 Å². The molecule has 1 saturated carbocycles. The summed E-state index contributed by atoms with van der Waals surface area (Å²) in [7, 11) is 3.22. The van der Waals surface area contributed by atoms with Crippen LogP contribution in [0, 0.1) is 5.92 Å². The molecule has 94 valence electrons. The molecule has 1 aliphatic rings. The van der Waals surface area contributed by atoms with Gasteiger partial charge in [0.1, 0.15) is 0 Å². The summed E-state index contributed by atoms with van der Waals surface area (Å²) in [5.74, 6) is 2.16. The molecule has 0 bridgehead atoms. The minimum atomic E-state index is -0.458. The summed E-state index contributed by atoms with van der Waals surface area (Å²) in [6.07, 6.45) is 4.08. The second kappa shape index (κ2) is 5.41. The number of hydrogen-bond donors (Lipinski definition) is 1. The number of ether oxygens (including phenoxy) is 2. The fourth-order valence-electron chi connectivity index (χ4n) is 2.13. The second-order valence-electron chi connectivity index (χ2n) is 4.62. The van der Waals surface area contributed by atoms with E-state index in [4.69, 9.17) is 9.47 Å². The maximum absolute atomic E-state index is 10.2. The van der Waals surface area contributed by atoms with Crippen molar-refractivity contribution in [1.29, 1.82) is 0 Å². The van der Waals surface area contributed by atoms with Gasteiger partial charge in [-0.25, -0.2) is 0 Å². The van der Waals surface area contributed by atoms with Crippen LogP contribution in [0.2, 0.25) is 0 Å². The van der Waals surface area contributed by atoms with Crippen molar-refractivity contribution < 1.29 is 14.6 Å². The molecule has 1 aliphatic carbocycles. The molecule has 17 heavy (non-hydrogen) atoms. The van der Waals surface area contributed by atoms with Crippen molar-refractivity contribution in [2.75, 3.05) is 14.2 Å². The van der Waals surface area contributed by atoms with Crippen molar-refractivity contribution in [2.45, 2.75) is 31.8 Å². The molecule has 2 rings (SSSR count). The summed E-state index contributed by atoms with van der Waals surface area (Å²) in [4.78, 5) is 0. The predicted molar refractivity (Wildman–Crippen MR) is 66.5 cm³/mol. The van der Waals surface area contributed by atoms with Gasteiger partial charge in [0, 0.05) is 5.56 Å². The van der Waals surface area contributed by atoms with E-state index in [-0.39, 0.29) is 0 Å². The van der Waals surface area contributed by atoms with Crippen LogP contribution < -0.4 is 9.47 Å². The smallest absolute Gasteiger partial charge is 0.166 e. The monoisotopic (exact) mass is 236 g/mol. The quantitative estimate of drug-likeness (QED) is 0.825. The molecule has 0 aromatic heterocycles. The van der Waals surface area contributed by atoms with Crippen LogP contribution in [-0.4, -0.2) is 19.3 Å². The zero-order valence-electron chi connectivity index (χ0n) is 10.5. The number of hydrogen-bond acceptors (Lipinski definition) is 3. The molecule has 3 heteroatoms. The van der Waals surface area contributed by atoms with Crippen LogP contribution in [0.25, 0.3) is 0 Å². The van der Waals surface area contributed by atoms with Gasteiger partial charge >= 0.3 is 0 Å². The molecule has 1 aromatic rings. The van der Waals surface area contributed by atoms with Crippen LogP contribution in [0.4, 0.5) is 0 Å². The molecule has 0 amide bonds. The van der Waals surface area contributed by atoms with Crippen molar-refractivity contribution >= 4 is 0 Å². The molecular weight excluding hydrogens is 216 g/mol. The van der Waals surface area contributed by atoms with E-state index in [1.54, 1.807) is 14.2 Å². The Labute approximate surface area is 102 Å². The Balaban J connectivity index is 2.11. The fourth-order valence-corrected chi connectivity index (χ4v) is 2.13. The zero-order valence-corrected chi connectivity index (χ0v) is 10.5. The van der Waals surface area contributed by atoms with Gasteiger partial charge in [0.15, 0.2) is 11.5 Å². The van der Waals surface area contributed by atoms with Gasteiger partial charge in [-0.2, -0.15) is 0 Å². The van der Waals surface area contributed by atoms with Gasteiger partial charge in [0.2, 0.25) is 0 Å². The molecule has 0 aliphatic heterocycles. The first-order valence-corrected chi connectivity index (χ1v) is 6.15. The van der Waals surface area contributed by atoms with Crippen LogP contribution in [0.15, 0.2) is 18.2 Å². The number of para-hydroxylation sites is 1. The fraction of sp³-hybridized carbons (Fsp3) is 0.571. The highest BCUT2D eigenvalue weighted by Gasteiger charge is 2.24. The van der Waals surface area contributed by atoms with Crippen molar-refractivity contribution in [2.24, 2.45) is 5.92 Å². The second-order valence-corrected chi connectivity index (χ2v) is 4.62. The molecular formula is C14H20O3. The molecule has 1 aromatic carbocycles. The lowest BCUT2D eigenvalue weighted by Gasteiger charge is -2.16. The van der Waals surface area contributed by atoms with Crippen molar-refractivity contribution in [1.82, 2.24) is 0 Å². The maximum atomic E-state index is 10.2. The lowest BCUT2D eigenvalue weighted by molar-refractivity contribution is 0.157. The van der Waals surface area contributed by atoms with Gasteiger partial charge in [-0.1, -0.05) is 25.0 Å². The van der Waals surface area contributed by atoms with Gasteiger partial charge < -0.3 is 14.6 Å². The maximum Gasteiger partial charge on any atom is 0.166 e. The van der Waals surface area contributed by atoms with Gasteiger partial charge in [0.25, 0.3) is 0 Å². The Hall–Kier alpha value is -1.22. The number of methoxy groups -OCH3 is 2. The first kappa shape index (κ1) is 12.2.